The molecule has 0 aliphatic rings. The van der Waals surface area contributed by atoms with Gasteiger partial charge >= 0.3 is 30.4 Å². The second kappa shape index (κ2) is 13.8. The number of unbranched alkanes of at least 4 members (excludes halogenated alkanes) is 1. The molecule has 0 saturated heterocycles. The van der Waals surface area contributed by atoms with Crippen LogP contribution in [0.1, 0.15) is 47.9 Å². The van der Waals surface area contributed by atoms with Gasteiger partial charge in [-0.1, -0.05) is 0 Å². The molecule has 2 heterocycles. The van der Waals surface area contributed by atoms with Crippen molar-refractivity contribution in [1.82, 2.24) is 19.9 Å². The van der Waals surface area contributed by atoms with Crippen LogP contribution in [0.15, 0.2) is 36.9 Å². The molecule has 0 aliphatic heterocycles. The van der Waals surface area contributed by atoms with Crippen molar-refractivity contribution in [3.8, 4) is 0 Å². The molecule has 4 aromatic rings. The van der Waals surface area contributed by atoms with Gasteiger partial charge in [-0.3, -0.25) is 18.3 Å². The van der Waals surface area contributed by atoms with E-state index in [1.54, 1.807) is 25.4 Å². The number of nitrogens with one attached hydrogen (secondary N) is 2. The molecule has 0 amide bonds. The first-order valence-electron chi connectivity index (χ1n) is 13.4. The fourth-order valence-corrected chi connectivity index (χ4v) is 9.13. The zero-order valence-corrected chi connectivity index (χ0v) is 28.1. The maximum atomic E-state index is 11.3. The van der Waals surface area contributed by atoms with Crippen LogP contribution in [0.25, 0.3) is 22.1 Å². The molecule has 0 saturated carbocycles. The Morgan fingerprint density at radius 3 is 1.35 bits per heavy atom. The van der Waals surface area contributed by atoms with Gasteiger partial charge in [-0.2, -0.15) is 0 Å². The second-order valence-corrected chi connectivity index (χ2v) is 18.8. The SMILES string of the molecule is Cc1cc2[nH]cnc2cc1CCC(O)(P(=O)(O)O)P(=O)(O)O.Cc1cc2[nH]cnc2cc1CCCCC(O)(P(=O)(O)O)P(=O)(O)O. The fourth-order valence-electron chi connectivity index (χ4n) is 4.71. The largest absolute Gasteiger partial charge is 0.369 e. The molecule has 0 bridgehead atoms. The number of aromatic amines is 2. The van der Waals surface area contributed by atoms with Gasteiger partial charge in [0.1, 0.15) is 0 Å². The van der Waals surface area contributed by atoms with E-state index in [0.29, 0.717) is 23.9 Å². The van der Waals surface area contributed by atoms with Crippen LogP contribution in [0, 0.1) is 13.8 Å². The van der Waals surface area contributed by atoms with Gasteiger partial charge in [0.05, 0.1) is 34.7 Å². The van der Waals surface area contributed by atoms with Crippen molar-refractivity contribution >= 4 is 52.4 Å². The van der Waals surface area contributed by atoms with Crippen LogP contribution in [0.3, 0.4) is 0 Å². The van der Waals surface area contributed by atoms with E-state index in [1.807, 2.05) is 19.1 Å². The van der Waals surface area contributed by atoms with E-state index in [1.165, 1.54) is 6.33 Å². The summed E-state index contributed by atoms with van der Waals surface area (Å²) in [6.07, 6.45) is 2.45. The summed E-state index contributed by atoms with van der Waals surface area (Å²) >= 11 is 0. The lowest BCUT2D eigenvalue weighted by Gasteiger charge is -2.29. The number of benzene rings is 2. The minimum absolute atomic E-state index is 0.0464. The summed E-state index contributed by atoms with van der Waals surface area (Å²) < 4.78 is 45.2. The van der Waals surface area contributed by atoms with Gasteiger partial charge in [0.15, 0.2) is 0 Å². The van der Waals surface area contributed by atoms with Gasteiger partial charge in [-0.15, -0.1) is 0 Å². The number of imidazole rings is 2. The van der Waals surface area contributed by atoms with Gasteiger partial charge in [-0.05, 0) is 92.5 Å². The molecule has 0 spiro atoms. The summed E-state index contributed by atoms with van der Waals surface area (Å²) in [5.41, 5.74) is 6.37. The van der Waals surface area contributed by atoms with E-state index in [9.17, 15) is 28.5 Å². The van der Waals surface area contributed by atoms with Crippen LogP contribution in [0.2, 0.25) is 0 Å². The van der Waals surface area contributed by atoms with Crippen LogP contribution >= 0.6 is 30.4 Å². The predicted octanol–water partition coefficient (Wildman–Crippen LogP) is 2.39. The van der Waals surface area contributed by atoms with Crippen molar-refractivity contribution in [1.29, 1.82) is 0 Å². The van der Waals surface area contributed by atoms with E-state index in [-0.39, 0.29) is 12.8 Å². The smallest absolute Gasteiger partial charge is 0.368 e. The molecule has 0 unspecified atom stereocenters. The Balaban J connectivity index is 0.000000251. The Kier molecular flexibility index (Phi) is 11.5. The number of aromatic nitrogens is 4. The highest BCUT2D eigenvalue weighted by Gasteiger charge is 2.59. The maximum absolute atomic E-state index is 11.3. The summed E-state index contributed by atoms with van der Waals surface area (Å²) in [4.78, 5) is 86.9. The first kappa shape index (κ1) is 38.3. The van der Waals surface area contributed by atoms with Crippen LogP contribution in [0.5, 0.6) is 0 Å². The standard InChI is InChI=1S/C13H20N2O7P2.C11H16N2O7P2/c1-9-6-11-12(15-8-14-11)7-10(9)4-2-3-5-13(16,23(17,18)19)24(20,21)22;1-7-4-9-10(13-6-12-9)5-8(7)2-3-11(14,21(15,16)17)22(18,19)20/h6-8,16H,2-5H2,1H3,(H,14,15)(H2,17,18,19)(H2,20,21,22);4-6,14H,2-3H2,1H3,(H,12,13)(H2,15,16,17)(H2,18,19,20). The van der Waals surface area contributed by atoms with Crippen LogP contribution in [0.4, 0.5) is 0 Å². The molecular formula is C24H36N4O14P4. The van der Waals surface area contributed by atoms with Crippen molar-refractivity contribution in [3.05, 3.63) is 59.2 Å². The Bertz CT molecular complexity index is 1840. The van der Waals surface area contributed by atoms with E-state index in [2.05, 4.69) is 19.9 Å². The van der Waals surface area contributed by atoms with Gasteiger partial charge in [0.2, 0.25) is 0 Å². The number of hydrogen-bond donors (Lipinski definition) is 12. The maximum Gasteiger partial charge on any atom is 0.369 e. The Hall–Kier alpha value is -2.10. The van der Waals surface area contributed by atoms with Crippen LogP contribution in [-0.4, -0.2) is 79.5 Å². The number of H-pyrrole nitrogens is 2. The molecule has 0 aliphatic carbocycles. The molecule has 0 atom stereocenters. The number of hydrogen-bond acceptors (Lipinski definition) is 8. The zero-order chi connectivity index (χ0) is 34.9. The molecule has 256 valence electrons. The lowest BCUT2D eigenvalue weighted by molar-refractivity contribution is 0.120. The molecule has 4 rings (SSSR count). The molecule has 18 nitrogen and oxygen atoms in total. The predicted molar refractivity (Wildman–Crippen MR) is 166 cm³/mol. The number of aryl methyl sites for hydroxylation is 4. The average molecular weight is 728 g/mol. The van der Waals surface area contributed by atoms with E-state index in [0.717, 1.165) is 33.2 Å². The highest BCUT2D eigenvalue weighted by atomic mass is 31.2. The molecule has 12 N–H and O–H groups in total. The third kappa shape index (κ3) is 8.30. The van der Waals surface area contributed by atoms with Gasteiger partial charge in [0, 0.05) is 6.42 Å². The number of rotatable bonds is 12. The Labute approximate surface area is 261 Å². The molecule has 0 fully saturated rings. The molecular weight excluding hydrogens is 692 g/mol. The second-order valence-electron chi connectivity index (χ2n) is 10.8. The van der Waals surface area contributed by atoms with Gasteiger partial charge in [-0.25, -0.2) is 9.97 Å². The fraction of sp³-hybridized carbons (Fsp3) is 0.417. The number of nitrogens with zero attached hydrogens (tertiary/aromatic N) is 2. The lowest BCUT2D eigenvalue weighted by atomic mass is 10.0. The molecule has 22 heteroatoms. The number of aliphatic hydroxyl groups is 2. The Morgan fingerprint density at radius 1 is 0.587 bits per heavy atom. The zero-order valence-electron chi connectivity index (χ0n) is 24.5. The van der Waals surface area contributed by atoms with E-state index in [4.69, 9.17) is 39.1 Å². The first-order chi connectivity index (χ1) is 20.9. The van der Waals surface area contributed by atoms with Crippen LogP contribution in [-0.2, 0) is 31.1 Å². The summed E-state index contributed by atoms with van der Waals surface area (Å²) in [5, 5.41) is 12.9. The highest BCUT2D eigenvalue weighted by molar-refractivity contribution is 7.72. The van der Waals surface area contributed by atoms with Crippen molar-refractivity contribution < 1.29 is 67.6 Å². The van der Waals surface area contributed by atoms with Crippen molar-refractivity contribution in [2.24, 2.45) is 0 Å². The average Bonchev–Trinajstić information content (AvgIpc) is 3.55. The van der Waals surface area contributed by atoms with E-state index >= 15 is 0 Å². The first-order valence-corrected chi connectivity index (χ1v) is 19.9. The number of fused-ring (bicyclic) bond motifs is 2. The normalized spacial score (nSPS) is 13.7. The topological polar surface area (TPSA) is 328 Å². The van der Waals surface area contributed by atoms with Crippen molar-refractivity contribution in [3.63, 3.8) is 0 Å². The van der Waals surface area contributed by atoms with Crippen molar-refractivity contribution in [2.45, 2.75) is 62.5 Å². The molecule has 0 radical (unpaired) electrons. The lowest BCUT2D eigenvalue weighted by Crippen LogP contribution is -2.29. The quantitative estimate of drug-likeness (QED) is 0.0736. The highest BCUT2D eigenvalue weighted by Crippen LogP contribution is 2.70. The molecule has 46 heavy (non-hydrogen) atoms. The van der Waals surface area contributed by atoms with Crippen molar-refractivity contribution in [2.75, 3.05) is 0 Å². The summed E-state index contributed by atoms with van der Waals surface area (Å²) in [5.74, 6) is 0. The van der Waals surface area contributed by atoms with Gasteiger partial charge in [0.25, 0.3) is 10.2 Å². The Morgan fingerprint density at radius 2 is 0.957 bits per heavy atom. The van der Waals surface area contributed by atoms with E-state index < -0.39 is 53.4 Å². The monoisotopic (exact) mass is 728 g/mol. The van der Waals surface area contributed by atoms with Crippen LogP contribution < -0.4 is 0 Å². The molecule has 2 aromatic heterocycles. The molecule has 2 aromatic carbocycles. The third-order valence-electron chi connectivity index (χ3n) is 7.56. The third-order valence-corrected chi connectivity index (χ3v) is 15.3. The minimum atomic E-state index is -5.43. The summed E-state index contributed by atoms with van der Waals surface area (Å²) in [6.45, 7) is 3.65. The van der Waals surface area contributed by atoms with Gasteiger partial charge < -0.3 is 59.3 Å². The summed E-state index contributed by atoms with van der Waals surface area (Å²) in [6, 6.07) is 7.21. The minimum Gasteiger partial charge on any atom is -0.368 e. The summed E-state index contributed by atoms with van der Waals surface area (Å²) in [7, 11) is -21.6.